The van der Waals surface area contributed by atoms with Crippen molar-refractivity contribution in [3.63, 3.8) is 0 Å². The highest BCUT2D eigenvalue weighted by molar-refractivity contribution is 14.0. The van der Waals surface area contributed by atoms with Gasteiger partial charge in [-0.3, -0.25) is 9.98 Å². The molecule has 2 heterocycles. The number of fused-ring (bicyclic) bond motifs is 1. The third-order valence-corrected chi connectivity index (χ3v) is 5.82. The molecule has 0 aliphatic carbocycles. The lowest BCUT2D eigenvalue weighted by atomic mass is 10.1. The monoisotopic (exact) mass is 529 g/mol. The van der Waals surface area contributed by atoms with Crippen molar-refractivity contribution < 1.29 is 0 Å². The molecule has 0 amide bonds. The Balaban J connectivity index is 0.00000272. The van der Waals surface area contributed by atoms with Crippen LogP contribution in [-0.2, 0) is 6.42 Å². The largest absolute Gasteiger partial charge is 0.372 e. The molecular weight excluding hydrogens is 497 g/mol. The van der Waals surface area contributed by atoms with E-state index >= 15 is 0 Å². The van der Waals surface area contributed by atoms with Crippen molar-refractivity contribution in [3.8, 4) is 0 Å². The second-order valence-corrected chi connectivity index (χ2v) is 7.90. The SMILES string of the molecule is CN=C(NCCc1cccc2cccnc12)NC(C)c1cccc(N2CCCC2)c1.I. The highest BCUT2D eigenvalue weighted by Gasteiger charge is 2.14. The van der Waals surface area contributed by atoms with Gasteiger partial charge in [0, 0.05) is 44.0 Å². The van der Waals surface area contributed by atoms with Crippen LogP contribution in [-0.4, -0.2) is 37.6 Å². The Hall–Kier alpha value is -2.35. The normalized spacial score (nSPS) is 14.9. The standard InChI is InChI=1S/C25H31N5.HI/c1-19(22-10-6-12-23(18-22)30-16-3-4-17-30)29-25(26-2)28-15-13-21-9-5-8-20-11-7-14-27-24(20)21;/h5-12,14,18-19H,3-4,13,15-17H2,1-2H3,(H2,26,28,29);1H. The van der Waals surface area contributed by atoms with Crippen molar-refractivity contribution in [2.75, 3.05) is 31.6 Å². The molecule has 2 N–H and O–H groups in total. The highest BCUT2D eigenvalue weighted by Crippen LogP contribution is 2.24. The van der Waals surface area contributed by atoms with Gasteiger partial charge in [0.15, 0.2) is 5.96 Å². The average molecular weight is 529 g/mol. The number of aliphatic imine (C=N–C) groups is 1. The van der Waals surface area contributed by atoms with E-state index in [1.54, 1.807) is 0 Å². The van der Waals surface area contributed by atoms with Gasteiger partial charge in [-0.2, -0.15) is 0 Å². The fourth-order valence-corrected chi connectivity index (χ4v) is 4.13. The van der Waals surface area contributed by atoms with Gasteiger partial charge in [0.1, 0.15) is 0 Å². The van der Waals surface area contributed by atoms with E-state index in [1.807, 2.05) is 19.3 Å². The maximum absolute atomic E-state index is 4.55. The summed E-state index contributed by atoms with van der Waals surface area (Å²) in [6.07, 6.45) is 5.34. The first kappa shape index (κ1) is 23.3. The molecule has 1 fully saturated rings. The van der Waals surface area contributed by atoms with E-state index in [4.69, 9.17) is 0 Å². The third kappa shape index (κ3) is 5.87. The molecule has 31 heavy (non-hydrogen) atoms. The van der Waals surface area contributed by atoms with Gasteiger partial charge < -0.3 is 15.5 Å². The summed E-state index contributed by atoms with van der Waals surface area (Å²) in [6, 6.07) is 19.5. The van der Waals surface area contributed by atoms with E-state index in [9.17, 15) is 0 Å². The van der Waals surface area contributed by atoms with Crippen molar-refractivity contribution in [2.45, 2.75) is 32.2 Å². The summed E-state index contributed by atoms with van der Waals surface area (Å²) >= 11 is 0. The number of benzene rings is 2. The molecule has 1 saturated heterocycles. The predicted molar refractivity (Wildman–Crippen MR) is 142 cm³/mol. The fraction of sp³-hybridized carbons (Fsp3) is 0.360. The number of rotatable bonds is 6. The van der Waals surface area contributed by atoms with Gasteiger partial charge in [-0.15, -0.1) is 24.0 Å². The minimum absolute atomic E-state index is 0. The van der Waals surface area contributed by atoms with Crippen molar-refractivity contribution in [1.82, 2.24) is 15.6 Å². The molecule has 1 aromatic heterocycles. The van der Waals surface area contributed by atoms with Crippen LogP contribution in [0.4, 0.5) is 5.69 Å². The Bertz CT molecular complexity index is 1010. The number of pyridine rings is 1. The summed E-state index contributed by atoms with van der Waals surface area (Å²) in [7, 11) is 1.82. The number of nitrogens with zero attached hydrogens (tertiary/aromatic N) is 3. The van der Waals surface area contributed by atoms with E-state index in [0.29, 0.717) is 0 Å². The number of hydrogen-bond donors (Lipinski definition) is 2. The molecule has 1 aliphatic rings. The summed E-state index contributed by atoms with van der Waals surface area (Å²) < 4.78 is 0. The topological polar surface area (TPSA) is 52.6 Å². The summed E-state index contributed by atoms with van der Waals surface area (Å²) in [4.78, 5) is 11.4. The maximum atomic E-state index is 4.55. The molecule has 0 saturated carbocycles. The van der Waals surface area contributed by atoms with Crippen molar-refractivity contribution >= 4 is 46.5 Å². The molecule has 5 nitrogen and oxygen atoms in total. The van der Waals surface area contributed by atoms with Gasteiger partial charge in [0.05, 0.1) is 11.6 Å². The third-order valence-electron chi connectivity index (χ3n) is 5.82. The Morgan fingerprint density at radius 2 is 1.87 bits per heavy atom. The minimum atomic E-state index is 0. The Morgan fingerprint density at radius 1 is 1.10 bits per heavy atom. The average Bonchev–Trinajstić information content (AvgIpc) is 3.33. The van der Waals surface area contributed by atoms with Crippen molar-refractivity contribution in [2.24, 2.45) is 4.99 Å². The fourth-order valence-electron chi connectivity index (χ4n) is 4.13. The highest BCUT2D eigenvalue weighted by atomic mass is 127. The van der Waals surface area contributed by atoms with E-state index < -0.39 is 0 Å². The van der Waals surface area contributed by atoms with E-state index in [1.165, 1.54) is 35.0 Å². The molecule has 1 unspecified atom stereocenters. The second-order valence-electron chi connectivity index (χ2n) is 7.90. The molecule has 164 valence electrons. The Kier molecular flexibility index (Phi) is 8.51. The molecule has 0 spiro atoms. The van der Waals surface area contributed by atoms with Crippen LogP contribution in [0, 0.1) is 0 Å². The molecule has 1 atom stereocenters. The van der Waals surface area contributed by atoms with Crippen LogP contribution in [0.3, 0.4) is 0 Å². The smallest absolute Gasteiger partial charge is 0.191 e. The zero-order valence-corrected chi connectivity index (χ0v) is 20.7. The first-order chi connectivity index (χ1) is 14.7. The lowest BCUT2D eigenvalue weighted by molar-refractivity contribution is 0.684. The van der Waals surface area contributed by atoms with Gasteiger partial charge in [0.2, 0.25) is 0 Å². The predicted octanol–water partition coefficient (Wildman–Crippen LogP) is 4.92. The summed E-state index contributed by atoms with van der Waals surface area (Å²) in [5, 5.41) is 8.17. The quantitative estimate of drug-likeness (QED) is 0.271. The molecule has 2 aromatic carbocycles. The number of anilines is 1. The van der Waals surface area contributed by atoms with Gasteiger partial charge in [-0.25, -0.2) is 0 Å². The molecule has 4 rings (SSSR count). The second kappa shape index (κ2) is 11.3. The lowest BCUT2D eigenvalue weighted by Gasteiger charge is -2.22. The van der Waals surface area contributed by atoms with Gasteiger partial charge >= 0.3 is 0 Å². The molecular formula is C25H32IN5. The lowest BCUT2D eigenvalue weighted by Crippen LogP contribution is -2.39. The number of halogens is 1. The van der Waals surface area contributed by atoms with Crippen LogP contribution in [0.5, 0.6) is 0 Å². The van der Waals surface area contributed by atoms with E-state index in [2.05, 4.69) is 81.0 Å². The van der Waals surface area contributed by atoms with Crippen molar-refractivity contribution in [3.05, 3.63) is 71.9 Å². The van der Waals surface area contributed by atoms with Crippen LogP contribution in [0.2, 0.25) is 0 Å². The van der Waals surface area contributed by atoms with Crippen LogP contribution < -0.4 is 15.5 Å². The van der Waals surface area contributed by atoms with Crippen LogP contribution in [0.15, 0.2) is 65.8 Å². The zero-order valence-electron chi connectivity index (χ0n) is 18.3. The van der Waals surface area contributed by atoms with Gasteiger partial charge in [-0.05, 0) is 55.5 Å². The van der Waals surface area contributed by atoms with E-state index in [-0.39, 0.29) is 30.0 Å². The van der Waals surface area contributed by atoms with Gasteiger partial charge in [0.25, 0.3) is 0 Å². The molecule has 0 bridgehead atoms. The molecule has 1 aliphatic heterocycles. The Morgan fingerprint density at radius 3 is 2.68 bits per heavy atom. The summed E-state index contributed by atoms with van der Waals surface area (Å²) in [6.45, 7) is 5.31. The number of guanidine groups is 1. The number of hydrogen-bond acceptors (Lipinski definition) is 3. The zero-order chi connectivity index (χ0) is 20.8. The maximum Gasteiger partial charge on any atom is 0.191 e. The summed E-state index contributed by atoms with van der Waals surface area (Å²) in [5.74, 6) is 0.822. The number of aromatic nitrogens is 1. The number of nitrogens with one attached hydrogen (secondary N) is 2. The van der Waals surface area contributed by atoms with Crippen LogP contribution in [0.1, 0.15) is 36.9 Å². The molecule has 0 radical (unpaired) electrons. The molecule has 6 heteroatoms. The van der Waals surface area contributed by atoms with Crippen molar-refractivity contribution in [1.29, 1.82) is 0 Å². The first-order valence-electron chi connectivity index (χ1n) is 10.9. The Labute approximate surface area is 202 Å². The number of para-hydroxylation sites is 1. The minimum Gasteiger partial charge on any atom is -0.372 e. The molecule has 3 aromatic rings. The summed E-state index contributed by atoms with van der Waals surface area (Å²) in [5.41, 5.74) is 4.94. The van der Waals surface area contributed by atoms with Crippen LogP contribution >= 0.6 is 24.0 Å². The van der Waals surface area contributed by atoms with Crippen LogP contribution in [0.25, 0.3) is 10.9 Å². The van der Waals surface area contributed by atoms with E-state index in [0.717, 1.165) is 37.5 Å². The first-order valence-corrected chi connectivity index (χ1v) is 10.9. The van der Waals surface area contributed by atoms with Gasteiger partial charge in [-0.1, -0.05) is 36.4 Å².